The van der Waals surface area contributed by atoms with Crippen molar-refractivity contribution in [2.75, 3.05) is 24.6 Å². The van der Waals surface area contributed by atoms with E-state index in [1.54, 1.807) is 6.20 Å². The molecule has 6 nitrogen and oxygen atoms in total. The van der Waals surface area contributed by atoms with E-state index in [0.717, 1.165) is 12.8 Å². The minimum atomic E-state index is -0.411. The van der Waals surface area contributed by atoms with Crippen molar-refractivity contribution in [1.29, 1.82) is 0 Å². The number of nitrogens with zero attached hydrogens (tertiary/aromatic N) is 3. The molecular weight excluding hydrogens is 302 g/mol. The lowest BCUT2D eigenvalue weighted by atomic mass is 9.98. The van der Waals surface area contributed by atoms with Crippen molar-refractivity contribution in [3.8, 4) is 0 Å². The van der Waals surface area contributed by atoms with Crippen LogP contribution in [0.5, 0.6) is 0 Å². The zero-order valence-corrected chi connectivity index (χ0v) is 11.3. The molecule has 0 aromatic carbocycles. The Morgan fingerprint density at radius 2 is 2.22 bits per heavy atom. The molecule has 2 rings (SSSR count). The lowest BCUT2D eigenvalue weighted by Gasteiger charge is -2.31. The molecule has 1 aromatic rings. The van der Waals surface area contributed by atoms with E-state index in [9.17, 15) is 10.1 Å². The minimum absolute atomic E-state index is 0.0202. The van der Waals surface area contributed by atoms with Crippen LogP contribution < -0.4 is 4.90 Å². The van der Waals surface area contributed by atoms with Gasteiger partial charge in [0.15, 0.2) is 0 Å². The van der Waals surface area contributed by atoms with Gasteiger partial charge < -0.3 is 10.0 Å². The highest BCUT2D eigenvalue weighted by atomic mass is 79.9. The molecule has 0 atom stereocenters. The monoisotopic (exact) mass is 315 g/mol. The summed E-state index contributed by atoms with van der Waals surface area (Å²) < 4.78 is 0.600. The summed E-state index contributed by atoms with van der Waals surface area (Å²) in [6.07, 6.45) is 3.25. The number of hydrogen-bond donors (Lipinski definition) is 1. The fourth-order valence-electron chi connectivity index (χ4n) is 2.13. The predicted octanol–water partition coefficient (Wildman–Crippen LogP) is 1.96. The van der Waals surface area contributed by atoms with Crippen molar-refractivity contribution in [2.24, 2.45) is 5.92 Å². The summed E-state index contributed by atoms with van der Waals surface area (Å²) in [4.78, 5) is 16.7. The van der Waals surface area contributed by atoms with E-state index in [0.29, 0.717) is 29.3 Å². The molecule has 0 spiro atoms. The number of piperidine rings is 1. The number of nitro groups is 1. The van der Waals surface area contributed by atoms with Gasteiger partial charge in [-0.05, 0) is 34.7 Å². The summed E-state index contributed by atoms with van der Waals surface area (Å²) >= 11 is 3.19. The molecule has 7 heteroatoms. The Bertz CT molecular complexity index is 447. The van der Waals surface area contributed by atoms with Gasteiger partial charge in [-0.15, -0.1) is 0 Å². The van der Waals surface area contributed by atoms with Crippen LogP contribution in [0.25, 0.3) is 0 Å². The summed E-state index contributed by atoms with van der Waals surface area (Å²) in [6, 6.07) is 1.47. The predicted molar refractivity (Wildman–Crippen MR) is 70.6 cm³/mol. The molecular formula is C11H14BrN3O3. The van der Waals surface area contributed by atoms with Gasteiger partial charge in [0.25, 0.3) is 0 Å². The molecule has 0 aliphatic carbocycles. The minimum Gasteiger partial charge on any atom is -0.396 e. The summed E-state index contributed by atoms with van der Waals surface area (Å²) in [5.74, 6) is 0.718. The molecule has 98 valence electrons. The van der Waals surface area contributed by atoms with E-state index in [-0.39, 0.29) is 12.3 Å². The number of anilines is 1. The molecule has 1 saturated heterocycles. The van der Waals surface area contributed by atoms with Crippen molar-refractivity contribution >= 4 is 27.4 Å². The van der Waals surface area contributed by atoms with E-state index in [1.807, 2.05) is 4.90 Å². The Kier molecular flexibility index (Phi) is 4.13. The molecule has 2 heterocycles. The summed E-state index contributed by atoms with van der Waals surface area (Å²) in [5.41, 5.74) is 0.0202. The fraction of sp³-hybridized carbons (Fsp3) is 0.545. The molecule has 1 fully saturated rings. The molecule has 0 bridgehead atoms. The summed E-state index contributed by atoms with van der Waals surface area (Å²) in [6.45, 7) is 1.57. The van der Waals surface area contributed by atoms with E-state index in [4.69, 9.17) is 5.11 Å². The summed E-state index contributed by atoms with van der Waals surface area (Å²) in [7, 11) is 0. The second-order valence-electron chi connectivity index (χ2n) is 4.37. The first-order valence-electron chi connectivity index (χ1n) is 5.77. The van der Waals surface area contributed by atoms with E-state index >= 15 is 0 Å². The maximum atomic E-state index is 11.0. The smallest absolute Gasteiger partial charge is 0.312 e. The maximum absolute atomic E-state index is 11.0. The zero-order valence-electron chi connectivity index (χ0n) is 9.75. The van der Waals surface area contributed by atoms with Crippen LogP contribution in [0, 0.1) is 16.0 Å². The molecule has 0 amide bonds. The van der Waals surface area contributed by atoms with Gasteiger partial charge in [0.2, 0.25) is 5.82 Å². The molecule has 1 aromatic heterocycles. The van der Waals surface area contributed by atoms with Crippen molar-refractivity contribution in [2.45, 2.75) is 12.8 Å². The molecule has 0 saturated carbocycles. The Labute approximate surface area is 113 Å². The highest BCUT2D eigenvalue weighted by molar-refractivity contribution is 9.10. The quantitative estimate of drug-likeness (QED) is 0.681. The first-order valence-corrected chi connectivity index (χ1v) is 6.57. The number of rotatable bonds is 3. The largest absolute Gasteiger partial charge is 0.396 e. The Hall–Kier alpha value is -1.21. The average molecular weight is 316 g/mol. The van der Waals surface area contributed by atoms with Crippen LogP contribution in [0.1, 0.15) is 12.8 Å². The van der Waals surface area contributed by atoms with E-state index in [1.165, 1.54) is 6.07 Å². The third-order valence-corrected chi connectivity index (χ3v) is 3.62. The fourth-order valence-corrected chi connectivity index (χ4v) is 2.45. The topological polar surface area (TPSA) is 79.5 Å². The number of halogens is 1. The standard InChI is InChI=1S/C11H14BrN3O3/c12-9-5-10(15(17)18)11(13-6-9)14-3-1-8(7-16)2-4-14/h5-6,8,16H,1-4,7H2. The first-order chi connectivity index (χ1) is 8.61. The molecule has 18 heavy (non-hydrogen) atoms. The van der Waals surface area contributed by atoms with Crippen molar-refractivity contribution < 1.29 is 10.0 Å². The van der Waals surface area contributed by atoms with Crippen LogP contribution in [-0.2, 0) is 0 Å². The van der Waals surface area contributed by atoms with Gasteiger partial charge >= 0.3 is 5.69 Å². The van der Waals surface area contributed by atoms with Crippen LogP contribution in [0.2, 0.25) is 0 Å². The molecule has 0 unspecified atom stereocenters. The third-order valence-electron chi connectivity index (χ3n) is 3.18. The number of aliphatic hydroxyl groups is 1. The van der Waals surface area contributed by atoms with Gasteiger partial charge in [0.05, 0.1) is 4.92 Å². The number of aromatic nitrogens is 1. The molecule has 0 radical (unpaired) electrons. The number of aliphatic hydroxyl groups excluding tert-OH is 1. The van der Waals surface area contributed by atoms with Crippen molar-refractivity contribution in [1.82, 2.24) is 4.98 Å². The second-order valence-corrected chi connectivity index (χ2v) is 5.28. The van der Waals surface area contributed by atoms with Gasteiger partial charge in [-0.3, -0.25) is 10.1 Å². The normalized spacial score (nSPS) is 16.9. The SMILES string of the molecule is O=[N+]([O-])c1cc(Br)cnc1N1CCC(CO)CC1. The zero-order chi connectivity index (χ0) is 13.1. The molecule has 1 aliphatic rings. The summed E-state index contributed by atoms with van der Waals surface area (Å²) in [5, 5.41) is 20.1. The van der Waals surface area contributed by atoms with E-state index in [2.05, 4.69) is 20.9 Å². The second kappa shape index (κ2) is 5.62. The Morgan fingerprint density at radius 1 is 1.56 bits per heavy atom. The van der Waals surface area contributed by atoms with Gasteiger partial charge in [0, 0.05) is 36.4 Å². The van der Waals surface area contributed by atoms with Gasteiger partial charge in [-0.25, -0.2) is 4.98 Å². The van der Waals surface area contributed by atoms with Crippen LogP contribution >= 0.6 is 15.9 Å². The maximum Gasteiger partial charge on any atom is 0.312 e. The van der Waals surface area contributed by atoms with Crippen molar-refractivity contribution in [3.05, 3.63) is 26.9 Å². The van der Waals surface area contributed by atoms with Crippen LogP contribution in [-0.4, -0.2) is 34.7 Å². The number of pyridine rings is 1. The van der Waals surface area contributed by atoms with Crippen LogP contribution in [0.15, 0.2) is 16.7 Å². The number of hydrogen-bond acceptors (Lipinski definition) is 5. The van der Waals surface area contributed by atoms with Crippen LogP contribution in [0.4, 0.5) is 11.5 Å². The Morgan fingerprint density at radius 3 is 2.78 bits per heavy atom. The van der Waals surface area contributed by atoms with Gasteiger partial charge in [-0.2, -0.15) is 0 Å². The molecule has 1 N–H and O–H groups in total. The third kappa shape index (κ3) is 2.78. The highest BCUT2D eigenvalue weighted by Crippen LogP contribution is 2.31. The average Bonchev–Trinajstić information content (AvgIpc) is 2.39. The van der Waals surface area contributed by atoms with Crippen molar-refractivity contribution in [3.63, 3.8) is 0 Å². The lowest BCUT2D eigenvalue weighted by molar-refractivity contribution is -0.384. The lowest BCUT2D eigenvalue weighted by Crippen LogP contribution is -2.35. The first kappa shape index (κ1) is 13.2. The van der Waals surface area contributed by atoms with Gasteiger partial charge in [0.1, 0.15) is 0 Å². The van der Waals surface area contributed by atoms with Crippen LogP contribution in [0.3, 0.4) is 0 Å². The van der Waals surface area contributed by atoms with Gasteiger partial charge in [-0.1, -0.05) is 0 Å². The van der Waals surface area contributed by atoms with E-state index < -0.39 is 4.92 Å². The highest BCUT2D eigenvalue weighted by Gasteiger charge is 2.25. The Balaban J connectivity index is 2.21. The molecule has 1 aliphatic heterocycles.